The lowest BCUT2D eigenvalue weighted by atomic mass is 10.1. The molecule has 0 aromatic heterocycles. The first-order valence-electron chi connectivity index (χ1n) is 36.1. The second-order valence-corrected chi connectivity index (χ2v) is 22.2. The van der Waals surface area contributed by atoms with E-state index in [1.807, 2.05) is 0 Å². The van der Waals surface area contributed by atoms with Gasteiger partial charge in [-0.1, -0.05) is 58.3 Å². The highest BCUT2D eigenvalue weighted by molar-refractivity contribution is 4.49. The van der Waals surface area contributed by atoms with E-state index in [4.69, 9.17) is 128 Å². The Balaban J connectivity index is 3.13. The van der Waals surface area contributed by atoms with E-state index in [1.165, 1.54) is 70.8 Å². The molecule has 578 valence electrons. The average Bonchev–Trinajstić information content (AvgIpc) is 3.65. The summed E-state index contributed by atoms with van der Waals surface area (Å²) in [5, 5.41) is 8.62. The monoisotopic (exact) mass is 1400 g/mol. The van der Waals surface area contributed by atoms with Crippen LogP contribution in [0.3, 0.4) is 0 Å². The minimum Gasteiger partial charge on any atom is -0.394 e. The first-order chi connectivity index (χ1) is 47.6. The molecule has 0 aliphatic carbocycles. The fourth-order valence-corrected chi connectivity index (χ4v) is 8.12. The van der Waals surface area contributed by atoms with Gasteiger partial charge in [0.15, 0.2) is 0 Å². The van der Waals surface area contributed by atoms with Crippen LogP contribution in [0, 0.1) is 0 Å². The van der Waals surface area contributed by atoms with Crippen LogP contribution in [0.15, 0.2) is 0 Å². The van der Waals surface area contributed by atoms with Crippen molar-refractivity contribution in [2.24, 2.45) is 0 Å². The van der Waals surface area contributed by atoms with Gasteiger partial charge in [0.25, 0.3) is 0 Å². The number of quaternary nitrogens is 1. The number of hydrogen-bond acceptors (Lipinski definition) is 27. The molecular formula is C68H140NO27+. The first-order valence-corrected chi connectivity index (χ1v) is 36.1. The summed E-state index contributed by atoms with van der Waals surface area (Å²) in [6.45, 7) is 30.5. The zero-order valence-corrected chi connectivity index (χ0v) is 60.5. The third-order valence-electron chi connectivity index (χ3n) is 13.5. The normalized spacial score (nSPS) is 12.0. The molecule has 0 aromatic rings. The maximum atomic E-state index is 8.62. The highest BCUT2D eigenvalue weighted by atomic mass is 16.6. The van der Waals surface area contributed by atoms with Crippen molar-refractivity contribution in [2.45, 2.75) is 71.1 Å². The number of ether oxygens (including phenoxy) is 26. The number of aliphatic hydroxyl groups excluding tert-OH is 1. The predicted molar refractivity (Wildman–Crippen MR) is 362 cm³/mol. The van der Waals surface area contributed by atoms with Crippen LogP contribution in [0.25, 0.3) is 0 Å². The first kappa shape index (κ1) is 94.9. The van der Waals surface area contributed by atoms with Gasteiger partial charge in [-0.25, -0.2) is 0 Å². The van der Waals surface area contributed by atoms with Crippen LogP contribution in [-0.2, 0) is 123 Å². The number of hydrogen-bond donors (Lipinski definition) is 1. The molecule has 0 saturated heterocycles. The Kier molecular flexibility index (Phi) is 87.1. The Bertz CT molecular complexity index is 1370. The average molecular weight is 1400 g/mol. The molecule has 28 heteroatoms. The highest BCUT2D eigenvalue weighted by Gasteiger charge is 2.14. The van der Waals surface area contributed by atoms with Crippen LogP contribution < -0.4 is 0 Å². The number of nitrogens with zero attached hydrogens (tertiary/aromatic N) is 1. The van der Waals surface area contributed by atoms with Crippen molar-refractivity contribution >= 4 is 0 Å². The summed E-state index contributed by atoms with van der Waals surface area (Å²) >= 11 is 0. The molecule has 0 amide bonds. The van der Waals surface area contributed by atoms with Crippen LogP contribution >= 0.6 is 0 Å². The summed E-state index contributed by atoms with van der Waals surface area (Å²) in [6, 6.07) is 0. The van der Waals surface area contributed by atoms with E-state index in [1.54, 1.807) is 0 Å². The lowest BCUT2D eigenvalue weighted by Crippen LogP contribution is -2.43. The molecule has 28 nitrogen and oxygen atoms in total. The fraction of sp³-hybridized carbons (Fsp3) is 1.00. The Labute approximate surface area is 579 Å². The van der Waals surface area contributed by atoms with Gasteiger partial charge in [0.05, 0.1) is 371 Å². The summed E-state index contributed by atoms with van der Waals surface area (Å²) in [7, 11) is 4.61. The van der Waals surface area contributed by atoms with E-state index in [0.717, 1.165) is 17.6 Å². The molecule has 0 spiro atoms. The molecule has 0 unspecified atom stereocenters. The minimum absolute atomic E-state index is 0.0176. The Hall–Kier alpha value is -1.12. The second-order valence-electron chi connectivity index (χ2n) is 22.2. The molecule has 0 aliphatic rings. The van der Waals surface area contributed by atoms with Crippen molar-refractivity contribution in [3.8, 4) is 0 Å². The zero-order valence-electron chi connectivity index (χ0n) is 60.5. The third kappa shape index (κ3) is 89.0. The second kappa shape index (κ2) is 88.1. The van der Waals surface area contributed by atoms with Gasteiger partial charge in [-0.15, -0.1) is 0 Å². The number of aliphatic hydroxyl groups is 1. The van der Waals surface area contributed by atoms with Gasteiger partial charge in [-0.05, 0) is 12.8 Å². The number of rotatable bonds is 91. The van der Waals surface area contributed by atoms with Crippen LogP contribution in [0.5, 0.6) is 0 Å². The number of unbranched alkanes of at least 4 members (excludes halogenated alkanes) is 9. The SMILES string of the molecule is CCCCCCCCCCCC[N+](C)(C)CCOCCOCCOCCOCCOCCOCCOCCOCCOCCOCCOCCOCCOCCOCCOCCOCCOCCOCCOCCOCCOCCOCCOCCOCCOCCOCCO. The Morgan fingerprint density at radius 2 is 0.281 bits per heavy atom. The van der Waals surface area contributed by atoms with Crippen molar-refractivity contribution in [1.82, 2.24) is 0 Å². The molecule has 0 aromatic carbocycles. The van der Waals surface area contributed by atoms with Crippen molar-refractivity contribution in [1.29, 1.82) is 0 Å². The maximum absolute atomic E-state index is 8.62. The topological polar surface area (TPSA) is 260 Å². The summed E-state index contributed by atoms with van der Waals surface area (Å²) < 4.78 is 145. The van der Waals surface area contributed by atoms with Crippen molar-refractivity contribution < 1.29 is 133 Å². The van der Waals surface area contributed by atoms with Crippen molar-refractivity contribution in [3.05, 3.63) is 0 Å². The van der Waals surface area contributed by atoms with Crippen molar-refractivity contribution in [2.75, 3.05) is 377 Å². The Morgan fingerprint density at radius 3 is 0.427 bits per heavy atom. The van der Waals surface area contributed by atoms with Gasteiger partial charge in [-0.3, -0.25) is 0 Å². The van der Waals surface area contributed by atoms with Crippen LogP contribution in [-0.4, -0.2) is 387 Å². The van der Waals surface area contributed by atoms with E-state index in [0.29, 0.717) is 337 Å². The van der Waals surface area contributed by atoms with Crippen LogP contribution in [0.4, 0.5) is 0 Å². The van der Waals surface area contributed by atoms with Crippen LogP contribution in [0.1, 0.15) is 71.1 Å². The van der Waals surface area contributed by atoms with Gasteiger partial charge in [0, 0.05) is 0 Å². The Morgan fingerprint density at radius 1 is 0.156 bits per heavy atom. The standard InChI is InChI=1S/C68H140NO27/c1-4-5-6-7-8-9-10-11-12-13-14-69(2,3)15-17-71-19-21-73-23-25-75-27-29-77-31-33-79-35-37-81-39-41-83-43-45-85-47-49-87-51-53-89-55-57-91-59-61-93-63-65-95-67-68-96-66-64-94-62-60-92-58-56-90-54-52-88-50-48-86-46-44-84-42-40-82-38-36-80-34-32-78-30-28-76-26-24-74-22-20-72-18-16-70/h70H,4-68H2,1-3H3/q+1. The third-order valence-corrected chi connectivity index (χ3v) is 13.5. The van der Waals surface area contributed by atoms with Crippen molar-refractivity contribution in [3.63, 3.8) is 0 Å². The molecule has 0 rings (SSSR count). The van der Waals surface area contributed by atoms with Gasteiger partial charge in [0.2, 0.25) is 0 Å². The molecular weight excluding hydrogens is 1260 g/mol. The molecule has 1 N–H and O–H groups in total. The van der Waals surface area contributed by atoms with E-state index < -0.39 is 0 Å². The lowest BCUT2D eigenvalue weighted by Gasteiger charge is -2.29. The molecule has 0 aliphatic heterocycles. The molecule has 0 radical (unpaired) electrons. The quantitative estimate of drug-likeness (QED) is 0.0653. The van der Waals surface area contributed by atoms with Gasteiger partial charge < -0.3 is 133 Å². The maximum Gasteiger partial charge on any atom is 0.102 e. The predicted octanol–water partition coefficient (Wildman–Crippen LogP) is 4.41. The smallest absolute Gasteiger partial charge is 0.102 e. The summed E-state index contributed by atoms with van der Waals surface area (Å²) in [5.41, 5.74) is 0. The van der Waals surface area contributed by atoms with E-state index in [2.05, 4.69) is 21.0 Å². The van der Waals surface area contributed by atoms with E-state index >= 15 is 0 Å². The van der Waals surface area contributed by atoms with E-state index in [9.17, 15) is 0 Å². The molecule has 0 bridgehead atoms. The van der Waals surface area contributed by atoms with E-state index in [-0.39, 0.29) is 6.61 Å². The molecule has 96 heavy (non-hydrogen) atoms. The zero-order chi connectivity index (χ0) is 68.8. The minimum atomic E-state index is 0.0176. The van der Waals surface area contributed by atoms with Crippen LogP contribution in [0.2, 0.25) is 0 Å². The summed E-state index contributed by atoms with van der Waals surface area (Å²) in [5.74, 6) is 0. The number of likely N-dealkylation sites (N-methyl/N-ethyl adjacent to an activating group) is 1. The summed E-state index contributed by atoms with van der Waals surface area (Å²) in [4.78, 5) is 0. The molecule has 0 saturated carbocycles. The fourth-order valence-electron chi connectivity index (χ4n) is 8.12. The van der Waals surface area contributed by atoms with Gasteiger partial charge in [-0.2, -0.15) is 0 Å². The molecule has 0 atom stereocenters. The van der Waals surface area contributed by atoms with Gasteiger partial charge >= 0.3 is 0 Å². The largest absolute Gasteiger partial charge is 0.394 e. The highest BCUT2D eigenvalue weighted by Crippen LogP contribution is 2.12. The summed E-state index contributed by atoms with van der Waals surface area (Å²) in [6.07, 6.45) is 13.8. The lowest BCUT2D eigenvalue weighted by molar-refractivity contribution is -0.891. The van der Waals surface area contributed by atoms with Gasteiger partial charge in [0.1, 0.15) is 6.54 Å². The molecule has 0 fully saturated rings. The molecule has 0 heterocycles.